The summed E-state index contributed by atoms with van der Waals surface area (Å²) in [6, 6.07) is 16.6. The zero-order chi connectivity index (χ0) is 17.8. The molecule has 1 heterocycles. The minimum Gasteiger partial charge on any atom is -0.309 e. The van der Waals surface area contributed by atoms with Crippen molar-refractivity contribution in [3.8, 4) is 0 Å². The standard InChI is InChI=1S/C20H20N2O3/c1-2-21(17-6-4-3-5-7-17)20(25)16-10-8-15(9-11-16)14-22-18(23)12-13-19(22)24/h3-11H,2,12-14H2,1H3. The third-order valence-electron chi connectivity index (χ3n) is 4.33. The Bertz CT molecular complexity index is 768. The van der Waals surface area contributed by atoms with Gasteiger partial charge in [-0.15, -0.1) is 0 Å². The summed E-state index contributed by atoms with van der Waals surface area (Å²) in [5.41, 5.74) is 2.27. The van der Waals surface area contributed by atoms with E-state index in [9.17, 15) is 14.4 Å². The summed E-state index contributed by atoms with van der Waals surface area (Å²) in [5, 5.41) is 0. The van der Waals surface area contributed by atoms with Gasteiger partial charge in [-0.3, -0.25) is 19.3 Å². The number of imide groups is 1. The second-order valence-corrected chi connectivity index (χ2v) is 5.96. The molecule has 5 nitrogen and oxygen atoms in total. The summed E-state index contributed by atoms with van der Waals surface area (Å²) < 4.78 is 0. The van der Waals surface area contributed by atoms with Crippen molar-refractivity contribution < 1.29 is 14.4 Å². The first-order chi connectivity index (χ1) is 12.1. The molecule has 0 bridgehead atoms. The molecule has 2 aromatic carbocycles. The highest BCUT2D eigenvalue weighted by Crippen LogP contribution is 2.19. The molecule has 0 unspecified atom stereocenters. The normalized spacial score (nSPS) is 14.0. The number of carbonyl (C=O) groups excluding carboxylic acids is 3. The molecule has 5 heteroatoms. The minimum atomic E-state index is -0.133. The number of para-hydroxylation sites is 1. The average molecular weight is 336 g/mol. The predicted octanol–water partition coefficient (Wildman–Crippen LogP) is 3.00. The molecule has 3 rings (SSSR count). The molecule has 0 spiro atoms. The van der Waals surface area contributed by atoms with Crippen LogP contribution in [0.5, 0.6) is 0 Å². The highest BCUT2D eigenvalue weighted by atomic mass is 16.2. The fourth-order valence-electron chi connectivity index (χ4n) is 2.94. The molecule has 3 amide bonds. The van der Waals surface area contributed by atoms with E-state index in [0.29, 0.717) is 12.1 Å². The number of rotatable bonds is 5. The Balaban J connectivity index is 1.74. The van der Waals surface area contributed by atoms with Gasteiger partial charge in [0.25, 0.3) is 5.91 Å². The van der Waals surface area contributed by atoms with Crippen LogP contribution in [-0.4, -0.2) is 29.2 Å². The van der Waals surface area contributed by atoms with Crippen molar-refractivity contribution >= 4 is 23.4 Å². The predicted molar refractivity (Wildman–Crippen MR) is 95.0 cm³/mol. The summed E-state index contributed by atoms with van der Waals surface area (Å²) >= 11 is 0. The van der Waals surface area contributed by atoms with Crippen LogP contribution >= 0.6 is 0 Å². The maximum Gasteiger partial charge on any atom is 0.258 e. The van der Waals surface area contributed by atoms with E-state index in [-0.39, 0.29) is 37.1 Å². The Hall–Kier alpha value is -2.95. The Labute approximate surface area is 146 Å². The van der Waals surface area contributed by atoms with Crippen molar-refractivity contribution in [1.82, 2.24) is 4.90 Å². The summed E-state index contributed by atoms with van der Waals surface area (Å²) in [4.78, 5) is 39.1. The topological polar surface area (TPSA) is 57.7 Å². The molecule has 0 saturated carbocycles. The van der Waals surface area contributed by atoms with Crippen LogP contribution in [0.3, 0.4) is 0 Å². The summed E-state index contributed by atoms with van der Waals surface area (Å²) in [5.74, 6) is -0.341. The molecule has 1 saturated heterocycles. The van der Waals surface area contributed by atoms with Crippen LogP contribution in [0.15, 0.2) is 54.6 Å². The van der Waals surface area contributed by atoms with Gasteiger partial charge in [-0.1, -0.05) is 30.3 Å². The highest BCUT2D eigenvalue weighted by Gasteiger charge is 2.28. The van der Waals surface area contributed by atoms with Crippen LogP contribution < -0.4 is 4.90 Å². The van der Waals surface area contributed by atoms with Crippen molar-refractivity contribution in [2.75, 3.05) is 11.4 Å². The third kappa shape index (κ3) is 3.60. The molecule has 0 radical (unpaired) electrons. The molecule has 1 fully saturated rings. The lowest BCUT2D eigenvalue weighted by molar-refractivity contribution is -0.139. The molecular weight excluding hydrogens is 316 g/mol. The fourth-order valence-corrected chi connectivity index (χ4v) is 2.94. The number of benzene rings is 2. The zero-order valence-electron chi connectivity index (χ0n) is 14.1. The summed E-state index contributed by atoms with van der Waals surface area (Å²) in [6.07, 6.45) is 0.579. The first kappa shape index (κ1) is 16.9. The zero-order valence-corrected chi connectivity index (χ0v) is 14.1. The van der Waals surface area contributed by atoms with Crippen molar-refractivity contribution in [2.24, 2.45) is 0 Å². The number of likely N-dealkylation sites (tertiary alicyclic amines) is 1. The Morgan fingerprint density at radius 3 is 2.12 bits per heavy atom. The maximum atomic E-state index is 12.7. The molecule has 128 valence electrons. The van der Waals surface area contributed by atoms with Crippen molar-refractivity contribution in [1.29, 1.82) is 0 Å². The third-order valence-corrected chi connectivity index (χ3v) is 4.33. The van der Waals surface area contributed by atoms with Gasteiger partial charge < -0.3 is 4.90 Å². The second kappa shape index (κ2) is 7.30. The number of carbonyl (C=O) groups is 3. The van der Waals surface area contributed by atoms with Gasteiger partial charge >= 0.3 is 0 Å². The lowest BCUT2D eigenvalue weighted by Gasteiger charge is -2.21. The molecule has 1 aliphatic heterocycles. The highest BCUT2D eigenvalue weighted by molar-refractivity contribution is 6.06. The van der Waals surface area contributed by atoms with Gasteiger partial charge in [0.2, 0.25) is 11.8 Å². The van der Waals surface area contributed by atoms with Gasteiger partial charge in [0.05, 0.1) is 6.54 Å². The van der Waals surface area contributed by atoms with E-state index < -0.39 is 0 Å². The fraction of sp³-hybridized carbons (Fsp3) is 0.250. The minimum absolute atomic E-state index is 0.0754. The van der Waals surface area contributed by atoms with Crippen LogP contribution in [0, 0.1) is 0 Å². The lowest BCUT2D eigenvalue weighted by Crippen LogP contribution is -2.30. The van der Waals surface area contributed by atoms with Crippen LogP contribution in [0.1, 0.15) is 35.7 Å². The molecule has 2 aromatic rings. The van der Waals surface area contributed by atoms with Gasteiger partial charge in [0.15, 0.2) is 0 Å². The van der Waals surface area contributed by atoms with E-state index in [1.54, 1.807) is 29.2 Å². The van der Waals surface area contributed by atoms with Crippen LogP contribution in [0.2, 0.25) is 0 Å². The summed E-state index contributed by atoms with van der Waals surface area (Å²) in [7, 11) is 0. The molecule has 1 aliphatic rings. The number of amides is 3. The average Bonchev–Trinajstić information content (AvgIpc) is 2.96. The Morgan fingerprint density at radius 2 is 1.56 bits per heavy atom. The Morgan fingerprint density at radius 1 is 0.960 bits per heavy atom. The van der Waals surface area contributed by atoms with E-state index in [1.807, 2.05) is 37.3 Å². The molecule has 0 N–H and O–H groups in total. The smallest absolute Gasteiger partial charge is 0.258 e. The van der Waals surface area contributed by atoms with E-state index in [2.05, 4.69) is 0 Å². The SMILES string of the molecule is CCN(C(=O)c1ccc(CN2C(=O)CCC2=O)cc1)c1ccccc1. The van der Waals surface area contributed by atoms with Gasteiger partial charge in [-0.05, 0) is 36.8 Å². The maximum absolute atomic E-state index is 12.7. The molecule has 0 aliphatic carbocycles. The monoisotopic (exact) mass is 336 g/mol. The molecule has 25 heavy (non-hydrogen) atoms. The molecular formula is C20H20N2O3. The molecule has 0 aromatic heterocycles. The van der Waals surface area contributed by atoms with Gasteiger partial charge in [0.1, 0.15) is 0 Å². The summed E-state index contributed by atoms with van der Waals surface area (Å²) in [6.45, 7) is 2.77. The van der Waals surface area contributed by atoms with E-state index >= 15 is 0 Å². The van der Waals surface area contributed by atoms with E-state index in [4.69, 9.17) is 0 Å². The number of anilines is 1. The molecule has 0 atom stereocenters. The van der Waals surface area contributed by atoms with E-state index in [1.165, 1.54) is 4.90 Å². The lowest BCUT2D eigenvalue weighted by atomic mass is 10.1. The van der Waals surface area contributed by atoms with Crippen LogP contribution in [-0.2, 0) is 16.1 Å². The van der Waals surface area contributed by atoms with E-state index in [0.717, 1.165) is 11.3 Å². The van der Waals surface area contributed by atoms with Gasteiger partial charge in [-0.25, -0.2) is 0 Å². The first-order valence-electron chi connectivity index (χ1n) is 8.39. The first-order valence-corrected chi connectivity index (χ1v) is 8.39. The van der Waals surface area contributed by atoms with Gasteiger partial charge in [-0.2, -0.15) is 0 Å². The quantitative estimate of drug-likeness (QED) is 0.789. The second-order valence-electron chi connectivity index (χ2n) is 5.96. The largest absolute Gasteiger partial charge is 0.309 e. The number of hydrogen-bond donors (Lipinski definition) is 0. The van der Waals surface area contributed by atoms with Gasteiger partial charge in [0, 0.05) is 30.6 Å². The number of nitrogens with zero attached hydrogens (tertiary/aromatic N) is 2. The Kier molecular flexibility index (Phi) is 4.93. The number of hydrogen-bond acceptors (Lipinski definition) is 3. The van der Waals surface area contributed by atoms with Crippen LogP contribution in [0.4, 0.5) is 5.69 Å². The van der Waals surface area contributed by atoms with Crippen LogP contribution in [0.25, 0.3) is 0 Å². The van der Waals surface area contributed by atoms with Crippen molar-refractivity contribution in [3.05, 3.63) is 65.7 Å². The van der Waals surface area contributed by atoms with Crippen molar-refractivity contribution in [2.45, 2.75) is 26.3 Å². The van der Waals surface area contributed by atoms with Crippen molar-refractivity contribution in [3.63, 3.8) is 0 Å².